The fourth-order valence-electron chi connectivity index (χ4n) is 2.70. The summed E-state index contributed by atoms with van der Waals surface area (Å²) in [7, 11) is 0. The van der Waals surface area contributed by atoms with Gasteiger partial charge in [0.15, 0.2) is 11.6 Å². The van der Waals surface area contributed by atoms with Gasteiger partial charge in [-0.05, 0) is 30.9 Å². The lowest BCUT2D eigenvalue weighted by Crippen LogP contribution is -2.27. The summed E-state index contributed by atoms with van der Waals surface area (Å²) in [5, 5.41) is 9.45. The maximum absolute atomic E-state index is 13.4. The van der Waals surface area contributed by atoms with Gasteiger partial charge in [0, 0.05) is 12.5 Å². The number of halogens is 1. The van der Waals surface area contributed by atoms with Crippen LogP contribution in [-0.4, -0.2) is 18.3 Å². The first kappa shape index (κ1) is 13.3. The molecule has 2 rings (SSSR count). The molecule has 100 valence electrons. The molecule has 0 saturated heterocycles. The van der Waals surface area contributed by atoms with E-state index in [-0.39, 0.29) is 24.1 Å². The van der Waals surface area contributed by atoms with Crippen LogP contribution in [-0.2, 0) is 0 Å². The molecule has 0 aliphatic heterocycles. The van der Waals surface area contributed by atoms with Crippen molar-refractivity contribution in [2.24, 2.45) is 11.8 Å². The first-order chi connectivity index (χ1) is 8.81. The van der Waals surface area contributed by atoms with Gasteiger partial charge < -0.3 is 9.84 Å². The van der Waals surface area contributed by atoms with Crippen molar-refractivity contribution in [2.45, 2.75) is 32.1 Å². The standard InChI is InChI=1S/C15H21FO2/c16-14-8-4-5-9-15(14)18-11-13(10-17)12-6-2-1-3-7-12/h4-5,8-9,12-13,17H,1-3,6-7,10-11H2. The van der Waals surface area contributed by atoms with Crippen molar-refractivity contribution >= 4 is 0 Å². The third-order valence-electron chi connectivity index (χ3n) is 3.84. The maximum atomic E-state index is 13.4. The van der Waals surface area contributed by atoms with Gasteiger partial charge in [0.2, 0.25) is 0 Å². The molecule has 1 atom stereocenters. The Kier molecular flexibility index (Phi) is 5.00. The van der Waals surface area contributed by atoms with Crippen molar-refractivity contribution in [1.29, 1.82) is 0 Å². The predicted octanol–water partition coefficient (Wildman–Crippen LogP) is 3.39. The second-order valence-corrected chi connectivity index (χ2v) is 5.08. The number of para-hydroxylation sites is 1. The highest BCUT2D eigenvalue weighted by atomic mass is 19.1. The third-order valence-corrected chi connectivity index (χ3v) is 3.84. The minimum atomic E-state index is -0.335. The van der Waals surface area contributed by atoms with Crippen molar-refractivity contribution < 1.29 is 14.2 Å². The Morgan fingerprint density at radius 3 is 2.61 bits per heavy atom. The van der Waals surface area contributed by atoms with Crippen molar-refractivity contribution in [3.8, 4) is 5.75 Å². The molecule has 0 aromatic heterocycles. The molecule has 0 amide bonds. The normalized spacial score (nSPS) is 18.6. The minimum Gasteiger partial charge on any atom is -0.490 e. The highest BCUT2D eigenvalue weighted by Crippen LogP contribution is 2.30. The van der Waals surface area contributed by atoms with E-state index in [1.54, 1.807) is 18.2 Å². The van der Waals surface area contributed by atoms with Crippen LogP contribution in [0.3, 0.4) is 0 Å². The maximum Gasteiger partial charge on any atom is 0.165 e. The number of hydrogen-bond acceptors (Lipinski definition) is 2. The molecule has 0 spiro atoms. The summed E-state index contributed by atoms with van der Waals surface area (Å²) < 4.78 is 18.9. The second kappa shape index (κ2) is 6.74. The van der Waals surface area contributed by atoms with Gasteiger partial charge in [0.05, 0.1) is 6.61 Å². The average molecular weight is 252 g/mol. The summed E-state index contributed by atoms with van der Waals surface area (Å²) in [6.45, 7) is 0.529. The quantitative estimate of drug-likeness (QED) is 0.870. The highest BCUT2D eigenvalue weighted by molar-refractivity contribution is 5.23. The molecule has 1 aromatic rings. The SMILES string of the molecule is OCC(COc1ccccc1F)C1CCCCC1. The third kappa shape index (κ3) is 3.45. The molecule has 1 N–H and O–H groups in total. The number of ether oxygens (including phenoxy) is 1. The molecule has 3 heteroatoms. The summed E-state index contributed by atoms with van der Waals surface area (Å²) in [6.07, 6.45) is 6.09. The predicted molar refractivity (Wildman–Crippen MR) is 69.0 cm³/mol. The fraction of sp³-hybridized carbons (Fsp3) is 0.600. The van der Waals surface area contributed by atoms with E-state index in [0.717, 1.165) is 12.8 Å². The van der Waals surface area contributed by atoms with E-state index >= 15 is 0 Å². The lowest BCUT2D eigenvalue weighted by Gasteiger charge is -2.28. The zero-order chi connectivity index (χ0) is 12.8. The van der Waals surface area contributed by atoms with E-state index in [1.807, 2.05) is 0 Å². The topological polar surface area (TPSA) is 29.5 Å². The monoisotopic (exact) mass is 252 g/mol. The molecule has 1 aliphatic carbocycles. The number of hydrogen-bond donors (Lipinski definition) is 1. The van der Waals surface area contributed by atoms with Crippen LogP contribution in [0.25, 0.3) is 0 Å². The molecule has 1 fully saturated rings. The van der Waals surface area contributed by atoms with Gasteiger partial charge in [-0.15, -0.1) is 0 Å². The van der Waals surface area contributed by atoms with Crippen LogP contribution in [0.4, 0.5) is 4.39 Å². The van der Waals surface area contributed by atoms with Gasteiger partial charge in [-0.25, -0.2) is 4.39 Å². The van der Waals surface area contributed by atoms with Crippen LogP contribution in [0.5, 0.6) is 5.75 Å². The molecule has 0 bridgehead atoms. The second-order valence-electron chi connectivity index (χ2n) is 5.08. The number of aliphatic hydroxyl groups excluding tert-OH is 1. The molecule has 0 radical (unpaired) electrons. The lowest BCUT2D eigenvalue weighted by atomic mass is 9.81. The fourth-order valence-corrected chi connectivity index (χ4v) is 2.70. The number of aliphatic hydroxyl groups is 1. The molecule has 1 aromatic carbocycles. The molecule has 18 heavy (non-hydrogen) atoms. The zero-order valence-corrected chi connectivity index (χ0v) is 10.6. The summed E-state index contributed by atoms with van der Waals surface area (Å²) in [6, 6.07) is 6.42. The largest absolute Gasteiger partial charge is 0.490 e. The van der Waals surface area contributed by atoms with Crippen molar-refractivity contribution in [3.05, 3.63) is 30.1 Å². The molecule has 1 unspecified atom stereocenters. The Bertz CT molecular complexity index is 361. The summed E-state index contributed by atoms with van der Waals surface area (Å²) in [4.78, 5) is 0. The van der Waals surface area contributed by atoms with E-state index in [9.17, 15) is 9.50 Å². The molecular formula is C15H21FO2. The molecule has 2 nitrogen and oxygen atoms in total. The van der Waals surface area contributed by atoms with Crippen molar-refractivity contribution in [1.82, 2.24) is 0 Å². The Hall–Kier alpha value is -1.09. The smallest absolute Gasteiger partial charge is 0.165 e. The van der Waals surface area contributed by atoms with Crippen LogP contribution in [0.1, 0.15) is 32.1 Å². The Balaban J connectivity index is 1.88. The van der Waals surface area contributed by atoms with E-state index in [1.165, 1.54) is 25.3 Å². The Morgan fingerprint density at radius 1 is 1.22 bits per heavy atom. The molecule has 1 aliphatic rings. The summed E-state index contributed by atoms with van der Waals surface area (Å²) >= 11 is 0. The average Bonchev–Trinajstić information content (AvgIpc) is 2.42. The highest BCUT2D eigenvalue weighted by Gasteiger charge is 2.23. The number of rotatable bonds is 5. The van der Waals surface area contributed by atoms with Gasteiger partial charge in [-0.1, -0.05) is 31.4 Å². The van der Waals surface area contributed by atoms with Crippen LogP contribution in [0.15, 0.2) is 24.3 Å². The van der Waals surface area contributed by atoms with Crippen LogP contribution < -0.4 is 4.74 Å². The lowest BCUT2D eigenvalue weighted by molar-refractivity contribution is 0.0965. The van der Waals surface area contributed by atoms with Crippen LogP contribution >= 0.6 is 0 Å². The van der Waals surface area contributed by atoms with E-state index in [4.69, 9.17) is 4.74 Å². The van der Waals surface area contributed by atoms with E-state index < -0.39 is 0 Å². The minimum absolute atomic E-state index is 0.124. The van der Waals surface area contributed by atoms with Gasteiger partial charge >= 0.3 is 0 Å². The summed E-state index contributed by atoms with van der Waals surface area (Å²) in [5.74, 6) is 0.602. The van der Waals surface area contributed by atoms with E-state index in [0.29, 0.717) is 12.5 Å². The van der Waals surface area contributed by atoms with Gasteiger partial charge in [0.25, 0.3) is 0 Å². The molecule has 0 heterocycles. The van der Waals surface area contributed by atoms with Gasteiger partial charge in [0.1, 0.15) is 0 Å². The zero-order valence-electron chi connectivity index (χ0n) is 10.6. The number of benzene rings is 1. The van der Waals surface area contributed by atoms with Crippen molar-refractivity contribution in [2.75, 3.05) is 13.2 Å². The Labute approximate surface area is 108 Å². The van der Waals surface area contributed by atoms with E-state index in [2.05, 4.69) is 0 Å². The molecular weight excluding hydrogens is 231 g/mol. The van der Waals surface area contributed by atoms with Crippen LogP contribution in [0.2, 0.25) is 0 Å². The van der Waals surface area contributed by atoms with Crippen molar-refractivity contribution in [3.63, 3.8) is 0 Å². The first-order valence-corrected chi connectivity index (χ1v) is 6.79. The first-order valence-electron chi connectivity index (χ1n) is 6.79. The van der Waals surface area contributed by atoms with Gasteiger partial charge in [-0.3, -0.25) is 0 Å². The van der Waals surface area contributed by atoms with Crippen LogP contribution in [0, 0.1) is 17.7 Å². The van der Waals surface area contributed by atoms with Gasteiger partial charge in [-0.2, -0.15) is 0 Å². The molecule has 1 saturated carbocycles. The summed E-state index contributed by atoms with van der Waals surface area (Å²) in [5.41, 5.74) is 0. The Morgan fingerprint density at radius 2 is 1.94 bits per heavy atom.